The molecule has 2 fully saturated rings. The van der Waals surface area contributed by atoms with Gasteiger partial charge in [-0.2, -0.15) is 0 Å². The third-order valence-electron chi connectivity index (χ3n) is 7.40. The standard InChI is InChI=1S/C24H38ClN3O2/c1-5-24(6-2)17-20(18-24)28-13-11-27(12-14-28)19-8-9-21(22(25)16-19)23(29)26(3)10-7-15-30-4/h8-9,16,20H,5-7,10-15,17-18H2,1-4H3. The van der Waals surface area contributed by atoms with Crippen LogP contribution in [0.2, 0.25) is 5.02 Å². The molecule has 168 valence electrons. The Kier molecular flexibility index (Phi) is 8.05. The lowest BCUT2D eigenvalue weighted by Gasteiger charge is -2.53. The minimum atomic E-state index is -0.0345. The highest BCUT2D eigenvalue weighted by Crippen LogP contribution is 2.49. The maximum atomic E-state index is 12.7. The summed E-state index contributed by atoms with van der Waals surface area (Å²) >= 11 is 6.51. The van der Waals surface area contributed by atoms with Gasteiger partial charge in [0.25, 0.3) is 5.91 Å². The maximum Gasteiger partial charge on any atom is 0.255 e. The second-order valence-electron chi connectivity index (χ2n) is 9.03. The normalized spacial score (nSPS) is 19.6. The lowest BCUT2D eigenvalue weighted by molar-refractivity contribution is -0.00781. The Balaban J connectivity index is 1.53. The number of benzene rings is 1. The van der Waals surface area contributed by atoms with Gasteiger partial charge in [-0.25, -0.2) is 0 Å². The number of piperazine rings is 1. The fraction of sp³-hybridized carbons (Fsp3) is 0.708. The molecule has 1 aromatic rings. The molecule has 1 saturated heterocycles. The highest BCUT2D eigenvalue weighted by atomic mass is 35.5. The molecule has 5 nitrogen and oxygen atoms in total. The number of carbonyl (C=O) groups excluding carboxylic acids is 1. The van der Waals surface area contributed by atoms with Gasteiger partial charge in [0, 0.05) is 65.2 Å². The summed E-state index contributed by atoms with van der Waals surface area (Å²) < 4.78 is 5.07. The molecule has 0 bridgehead atoms. The molecular weight excluding hydrogens is 398 g/mol. The second-order valence-corrected chi connectivity index (χ2v) is 9.44. The highest BCUT2D eigenvalue weighted by molar-refractivity contribution is 6.34. The predicted molar refractivity (Wildman–Crippen MR) is 125 cm³/mol. The van der Waals surface area contributed by atoms with Gasteiger partial charge >= 0.3 is 0 Å². The molecule has 1 heterocycles. The third-order valence-corrected chi connectivity index (χ3v) is 7.72. The van der Waals surface area contributed by atoms with E-state index in [9.17, 15) is 4.79 Å². The molecule has 0 aromatic heterocycles. The van der Waals surface area contributed by atoms with E-state index in [1.54, 1.807) is 12.0 Å². The molecule has 0 atom stereocenters. The van der Waals surface area contributed by atoms with Crippen molar-refractivity contribution in [2.45, 2.75) is 52.0 Å². The van der Waals surface area contributed by atoms with Gasteiger partial charge in [0.2, 0.25) is 0 Å². The van der Waals surface area contributed by atoms with Gasteiger partial charge in [0.05, 0.1) is 10.6 Å². The van der Waals surface area contributed by atoms with E-state index in [4.69, 9.17) is 16.3 Å². The van der Waals surface area contributed by atoms with Gasteiger partial charge in [0.1, 0.15) is 0 Å². The fourth-order valence-electron chi connectivity index (χ4n) is 5.00. The van der Waals surface area contributed by atoms with Crippen LogP contribution in [-0.2, 0) is 4.74 Å². The molecular formula is C24H38ClN3O2. The Hall–Kier alpha value is -1.30. The van der Waals surface area contributed by atoms with E-state index in [-0.39, 0.29) is 5.91 Å². The number of nitrogens with zero attached hydrogens (tertiary/aromatic N) is 3. The molecule has 2 aliphatic rings. The Morgan fingerprint density at radius 2 is 1.87 bits per heavy atom. The summed E-state index contributed by atoms with van der Waals surface area (Å²) in [5.74, 6) is -0.0345. The summed E-state index contributed by atoms with van der Waals surface area (Å²) in [6, 6.07) is 6.64. The number of hydrogen-bond acceptors (Lipinski definition) is 4. The SMILES string of the molecule is CCC1(CC)CC(N2CCN(c3ccc(C(=O)N(C)CCCOC)c(Cl)c3)CC2)C1. The lowest BCUT2D eigenvalue weighted by Crippen LogP contribution is -2.57. The Labute approximate surface area is 187 Å². The molecule has 1 amide bonds. The molecule has 1 aliphatic heterocycles. The van der Waals surface area contributed by atoms with E-state index in [2.05, 4.69) is 23.6 Å². The van der Waals surface area contributed by atoms with Gasteiger partial charge in [-0.05, 0) is 42.9 Å². The molecule has 0 unspecified atom stereocenters. The average Bonchev–Trinajstić information content (AvgIpc) is 2.74. The first-order valence-electron chi connectivity index (χ1n) is 11.5. The minimum absolute atomic E-state index is 0.0345. The van der Waals surface area contributed by atoms with Gasteiger partial charge in [-0.1, -0.05) is 38.3 Å². The zero-order chi connectivity index (χ0) is 21.7. The van der Waals surface area contributed by atoms with Gasteiger partial charge in [-0.3, -0.25) is 9.69 Å². The van der Waals surface area contributed by atoms with Crippen LogP contribution < -0.4 is 4.90 Å². The molecule has 1 aliphatic carbocycles. The predicted octanol–water partition coefficient (Wildman–Crippen LogP) is 4.54. The van der Waals surface area contributed by atoms with E-state index < -0.39 is 0 Å². The Morgan fingerprint density at radius 1 is 1.20 bits per heavy atom. The topological polar surface area (TPSA) is 36.0 Å². The smallest absolute Gasteiger partial charge is 0.255 e. The van der Waals surface area contributed by atoms with E-state index in [0.29, 0.717) is 29.2 Å². The molecule has 30 heavy (non-hydrogen) atoms. The van der Waals surface area contributed by atoms with Crippen molar-refractivity contribution in [1.29, 1.82) is 0 Å². The molecule has 0 spiro atoms. The number of ether oxygens (including phenoxy) is 1. The van der Waals surface area contributed by atoms with Crippen molar-refractivity contribution >= 4 is 23.2 Å². The van der Waals surface area contributed by atoms with Crippen LogP contribution in [0.4, 0.5) is 5.69 Å². The summed E-state index contributed by atoms with van der Waals surface area (Å²) in [6.45, 7) is 10.2. The van der Waals surface area contributed by atoms with Crippen molar-refractivity contribution in [1.82, 2.24) is 9.80 Å². The summed E-state index contributed by atoms with van der Waals surface area (Å²) in [6.07, 6.45) is 6.16. The fourth-order valence-corrected chi connectivity index (χ4v) is 5.25. The van der Waals surface area contributed by atoms with E-state index in [1.165, 1.54) is 25.7 Å². The van der Waals surface area contributed by atoms with Crippen molar-refractivity contribution in [3.8, 4) is 0 Å². The van der Waals surface area contributed by atoms with Crippen LogP contribution in [0, 0.1) is 5.41 Å². The summed E-state index contributed by atoms with van der Waals surface area (Å²) in [5.41, 5.74) is 2.29. The Bertz CT molecular complexity index is 706. The van der Waals surface area contributed by atoms with Crippen LogP contribution >= 0.6 is 11.6 Å². The summed E-state index contributed by atoms with van der Waals surface area (Å²) in [5, 5.41) is 0.535. The van der Waals surface area contributed by atoms with Crippen molar-refractivity contribution in [2.75, 3.05) is 58.4 Å². The van der Waals surface area contributed by atoms with Crippen LogP contribution in [0.3, 0.4) is 0 Å². The van der Waals surface area contributed by atoms with Crippen molar-refractivity contribution < 1.29 is 9.53 Å². The van der Waals surface area contributed by atoms with Crippen LogP contribution in [0.1, 0.15) is 56.3 Å². The number of anilines is 1. The maximum absolute atomic E-state index is 12.7. The first kappa shape index (κ1) is 23.4. The van der Waals surface area contributed by atoms with Gasteiger partial charge in [0.15, 0.2) is 0 Å². The van der Waals surface area contributed by atoms with E-state index in [1.807, 2.05) is 25.2 Å². The van der Waals surface area contributed by atoms with Gasteiger partial charge < -0.3 is 14.5 Å². The van der Waals surface area contributed by atoms with Crippen LogP contribution in [-0.4, -0.2) is 75.2 Å². The number of halogens is 1. The zero-order valence-corrected chi connectivity index (χ0v) is 19.9. The van der Waals surface area contributed by atoms with Crippen molar-refractivity contribution in [3.63, 3.8) is 0 Å². The molecule has 6 heteroatoms. The van der Waals surface area contributed by atoms with E-state index in [0.717, 1.165) is 44.3 Å². The molecule has 0 radical (unpaired) electrons. The zero-order valence-electron chi connectivity index (χ0n) is 19.1. The van der Waals surface area contributed by atoms with Crippen LogP contribution in [0.25, 0.3) is 0 Å². The number of methoxy groups -OCH3 is 1. The highest BCUT2D eigenvalue weighted by Gasteiger charge is 2.44. The number of rotatable bonds is 9. The van der Waals surface area contributed by atoms with Crippen molar-refractivity contribution in [2.24, 2.45) is 5.41 Å². The summed E-state index contributed by atoms with van der Waals surface area (Å²) in [4.78, 5) is 19.5. The first-order chi connectivity index (χ1) is 14.4. The number of carbonyl (C=O) groups is 1. The minimum Gasteiger partial charge on any atom is -0.385 e. The monoisotopic (exact) mass is 435 g/mol. The van der Waals surface area contributed by atoms with E-state index >= 15 is 0 Å². The molecule has 1 saturated carbocycles. The van der Waals surface area contributed by atoms with Crippen molar-refractivity contribution in [3.05, 3.63) is 28.8 Å². The quantitative estimate of drug-likeness (QED) is 0.533. The lowest BCUT2D eigenvalue weighted by atomic mass is 9.62. The second kappa shape index (κ2) is 10.3. The van der Waals surface area contributed by atoms with Crippen LogP contribution in [0.5, 0.6) is 0 Å². The largest absolute Gasteiger partial charge is 0.385 e. The molecule has 0 N–H and O–H groups in total. The van der Waals surface area contributed by atoms with Gasteiger partial charge in [-0.15, -0.1) is 0 Å². The molecule has 1 aromatic carbocycles. The molecule has 3 rings (SSSR count). The Morgan fingerprint density at radius 3 is 2.43 bits per heavy atom. The number of hydrogen-bond donors (Lipinski definition) is 0. The first-order valence-corrected chi connectivity index (χ1v) is 11.8. The third kappa shape index (κ3) is 5.12. The average molecular weight is 436 g/mol. The summed E-state index contributed by atoms with van der Waals surface area (Å²) in [7, 11) is 3.49. The number of amides is 1. The van der Waals surface area contributed by atoms with Crippen LogP contribution in [0.15, 0.2) is 18.2 Å².